The van der Waals surface area contributed by atoms with Gasteiger partial charge in [0, 0.05) is 12.6 Å². The van der Waals surface area contributed by atoms with Crippen LogP contribution in [0.2, 0.25) is 0 Å². The summed E-state index contributed by atoms with van der Waals surface area (Å²) in [6, 6.07) is 11.5. The summed E-state index contributed by atoms with van der Waals surface area (Å²) < 4.78 is 5.86. The first kappa shape index (κ1) is 14.5. The van der Waals surface area contributed by atoms with Gasteiger partial charge >= 0.3 is 0 Å². The second-order valence-corrected chi connectivity index (χ2v) is 5.64. The predicted molar refractivity (Wildman–Crippen MR) is 80.4 cm³/mol. The summed E-state index contributed by atoms with van der Waals surface area (Å²) in [4.78, 5) is 0. The summed E-state index contributed by atoms with van der Waals surface area (Å²) in [5.74, 6) is 0. The Morgan fingerprint density at radius 1 is 1.21 bits per heavy atom. The summed E-state index contributed by atoms with van der Waals surface area (Å²) in [7, 11) is 0. The van der Waals surface area contributed by atoms with E-state index < -0.39 is 0 Å². The van der Waals surface area contributed by atoms with Crippen molar-refractivity contribution in [3.8, 4) is 0 Å². The maximum Gasteiger partial charge on any atom is 0.0547 e. The van der Waals surface area contributed by atoms with E-state index in [-0.39, 0.29) is 0 Å². The van der Waals surface area contributed by atoms with Gasteiger partial charge in [-0.2, -0.15) is 0 Å². The van der Waals surface area contributed by atoms with Crippen molar-refractivity contribution in [2.75, 3.05) is 13.2 Å². The van der Waals surface area contributed by atoms with Gasteiger partial charge in [0.1, 0.15) is 0 Å². The van der Waals surface area contributed by atoms with Gasteiger partial charge in [-0.15, -0.1) is 0 Å². The van der Waals surface area contributed by atoms with Gasteiger partial charge in [-0.25, -0.2) is 0 Å². The highest BCUT2D eigenvalue weighted by Gasteiger charge is 2.19. The predicted octanol–water partition coefficient (Wildman–Crippen LogP) is 3.56. The van der Waals surface area contributed by atoms with E-state index in [0.717, 1.165) is 32.0 Å². The van der Waals surface area contributed by atoms with E-state index in [4.69, 9.17) is 4.74 Å². The average Bonchev–Trinajstić information content (AvgIpc) is 3.25. The van der Waals surface area contributed by atoms with Crippen molar-refractivity contribution in [1.82, 2.24) is 5.32 Å². The van der Waals surface area contributed by atoms with Crippen molar-refractivity contribution in [2.24, 2.45) is 0 Å². The molecule has 1 aromatic rings. The van der Waals surface area contributed by atoms with E-state index in [1.807, 2.05) is 0 Å². The molecule has 19 heavy (non-hydrogen) atoms. The lowest BCUT2D eigenvalue weighted by molar-refractivity contribution is 0.0575. The molecule has 0 aliphatic heterocycles. The van der Waals surface area contributed by atoms with Gasteiger partial charge < -0.3 is 10.1 Å². The lowest BCUT2D eigenvalue weighted by Gasteiger charge is -2.13. The molecule has 106 valence electrons. The van der Waals surface area contributed by atoms with Gasteiger partial charge in [0.15, 0.2) is 0 Å². The van der Waals surface area contributed by atoms with Crippen LogP contribution in [0.4, 0.5) is 0 Å². The maximum atomic E-state index is 5.86. The zero-order valence-corrected chi connectivity index (χ0v) is 12.1. The molecule has 1 unspecified atom stereocenters. The number of hydrogen-bond donors (Lipinski definition) is 1. The molecule has 1 atom stereocenters. The van der Waals surface area contributed by atoms with Crippen molar-refractivity contribution >= 4 is 0 Å². The first-order valence-electron chi connectivity index (χ1n) is 7.73. The minimum Gasteiger partial charge on any atom is -0.378 e. The lowest BCUT2D eigenvalue weighted by atomic mass is 10.1. The van der Waals surface area contributed by atoms with Crippen LogP contribution in [0.1, 0.15) is 44.6 Å². The fourth-order valence-electron chi connectivity index (χ4n) is 2.27. The van der Waals surface area contributed by atoms with Gasteiger partial charge in [-0.3, -0.25) is 0 Å². The molecular formula is C17H27NO. The molecule has 1 aromatic carbocycles. The molecule has 0 radical (unpaired) electrons. The molecule has 1 aliphatic carbocycles. The fraction of sp³-hybridized carbons (Fsp3) is 0.647. The molecule has 0 amide bonds. The number of hydrogen-bond acceptors (Lipinski definition) is 2. The minimum atomic E-state index is 0.400. The quantitative estimate of drug-likeness (QED) is 0.650. The fourth-order valence-corrected chi connectivity index (χ4v) is 2.27. The Balaban J connectivity index is 1.43. The van der Waals surface area contributed by atoms with Crippen LogP contribution in [0, 0.1) is 0 Å². The molecule has 0 heterocycles. The Labute approximate surface area is 117 Å². The summed E-state index contributed by atoms with van der Waals surface area (Å²) in [5, 5.41) is 3.55. The third-order valence-corrected chi connectivity index (χ3v) is 3.65. The smallest absolute Gasteiger partial charge is 0.0547 e. The van der Waals surface area contributed by atoms with Crippen LogP contribution in [-0.2, 0) is 11.2 Å². The van der Waals surface area contributed by atoms with Crippen LogP contribution in [0.25, 0.3) is 0 Å². The van der Waals surface area contributed by atoms with Gasteiger partial charge in [0.2, 0.25) is 0 Å². The van der Waals surface area contributed by atoms with Crippen molar-refractivity contribution in [3.63, 3.8) is 0 Å². The summed E-state index contributed by atoms with van der Waals surface area (Å²) >= 11 is 0. The molecule has 1 N–H and O–H groups in total. The molecule has 0 aromatic heterocycles. The van der Waals surface area contributed by atoms with Crippen LogP contribution < -0.4 is 5.32 Å². The largest absolute Gasteiger partial charge is 0.378 e. The SMILES string of the molecule is CC(CCCNC1CC1)OCCCc1ccccc1. The number of ether oxygens (including phenoxy) is 1. The van der Waals surface area contributed by atoms with E-state index in [2.05, 4.69) is 42.6 Å². The van der Waals surface area contributed by atoms with Crippen LogP contribution in [0.15, 0.2) is 30.3 Å². The van der Waals surface area contributed by atoms with Gasteiger partial charge in [-0.05, 0) is 57.6 Å². The van der Waals surface area contributed by atoms with Crippen LogP contribution in [0.3, 0.4) is 0 Å². The molecule has 0 spiro atoms. The molecule has 1 saturated carbocycles. The summed E-state index contributed by atoms with van der Waals surface area (Å²) in [6.07, 6.45) is 7.81. The van der Waals surface area contributed by atoms with E-state index in [1.54, 1.807) is 0 Å². The van der Waals surface area contributed by atoms with Crippen LogP contribution >= 0.6 is 0 Å². The average molecular weight is 261 g/mol. The van der Waals surface area contributed by atoms with E-state index in [0.29, 0.717) is 6.10 Å². The molecule has 0 bridgehead atoms. The number of aryl methyl sites for hydroxylation is 1. The van der Waals surface area contributed by atoms with Crippen LogP contribution in [0.5, 0.6) is 0 Å². The highest BCUT2D eigenvalue weighted by molar-refractivity contribution is 5.14. The van der Waals surface area contributed by atoms with E-state index in [1.165, 1.54) is 31.2 Å². The molecule has 1 fully saturated rings. The molecule has 1 aliphatic rings. The monoisotopic (exact) mass is 261 g/mol. The Morgan fingerprint density at radius 3 is 2.74 bits per heavy atom. The van der Waals surface area contributed by atoms with E-state index in [9.17, 15) is 0 Å². The second-order valence-electron chi connectivity index (χ2n) is 5.64. The topological polar surface area (TPSA) is 21.3 Å². The normalized spacial score (nSPS) is 16.5. The Hall–Kier alpha value is -0.860. The second kappa shape index (κ2) is 8.34. The van der Waals surface area contributed by atoms with Crippen molar-refractivity contribution < 1.29 is 4.74 Å². The first-order valence-corrected chi connectivity index (χ1v) is 7.73. The summed E-state index contributed by atoms with van der Waals surface area (Å²) in [5.41, 5.74) is 1.41. The first-order chi connectivity index (χ1) is 9.34. The Morgan fingerprint density at radius 2 is 2.00 bits per heavy atom. The van der Waals surface area contributed by atoms with Gasteiger partial charge in [-0.1, -0.05) is 30.3 Å². The van der Waals surface area contributed by atoms with Crippen molar-refractivity contribution in [3.05, 3.63) is 35.9 Å². The third kappa shape index (κ3) is 6.74. The molecular weight excluding hydrogens is 234 g/mol. The van der Waals surface area contributed by atoms with Gasteiger partial charge in [0.25, 0.3) is 0 Å². The molecule has 2 heteroatoms. The Kier molecular flexibility index (Phi) is 6.38. The lowest BCUT2D eigenvalue weighted by Crippen LogP contribution is -2.19. The number of rotatable bonds is 10. The van der Waals surface area contributed by atoms with Crippen molar-refractivity contribution in [2.45, 2.75) is 57.6 Å². The standard InChI is InChI=1S/C17H27NO/c1-15(7-5-13-18-17-11-12-17)19-14-6-10-16-8-3-2-4-9-16/h2-4,8-9,15,17-18H,5-7,10-14H2,1H3. The third-order valence-electron chi connectivity index (χ3n) is 3.65. The zero-order chi connectivity index (χ0) is 13.3. The number of nitrogens with one attached hydrogen (secondary N) is 1. The zero-order valence-electron chi connectivity index (χ0n) is 12.1. The molecule has 2 rings (SSSR count). The highest BCUT2D eigenvalue weighted by atomic mass is 16.5. The molecule has 0 saturated heterocycles. The van der Waals surface area contributed by atoms with E-state index >= 15 is 0 Å². The maximum absolute atomic E-state index is 5.86. The van der Waals surface area contributed by atoms with Crippen molar-refractivity contribution in [1.29, 1.82) is 0 Å². The summed E-state index contributed by atoms with van der Waals surface area (Å²) in [6.45, 7) is 4.23. The minimum absolute atomic E-state index is 0.400. The molecule has 2 nitrogen and oxygen atoms in total. The van der Waals surface area contributed by atoms with Crippen LogP contribution in [-0.4, -0.2) is 25.3 Å². The van der Waals surface area contributed by atoms with Gasteiger partial charge in [0.05, 0.1) is 6.10 Å². The Bertz CT molecular complexity index is 334. The highest BCUT2D eigenvalue weighted by Crippen LogP contribution is 2.18. The number of benzene rings is 1.